The lowest BCUT2D eigenvalue weighted by atomic mass is 10.1. The largest absolute Gasteiger partial charge is 0.487 e. The van der Waals surface area contributed by atoms with Crippen molar-refractivity contribution in [1.29, 1.82) is 0 Å². The van der Waals surface area contributed by atoms with E-state index >= 15 is 4.39 Å². The Morgan fingerprint density at radius 2 is 2.13 bits per heavy atom. The van der Waals surface area contributed by atoms with Gasteiger partial charge in [0, 0.05) is 55.5 Å². The highest BCUT2D eigenvalue weighted by molar-refractivity contribution is 5.95. The van der Waals surface area contributed by atoms with Gasteiger partial charge < -0.3 is 19.7 Å². The van der Waals surface area contributed by atoms with E-state index in [9.17, 15) is 4.79 Å². The molecule has 0 bridgehead atoms. The zero-order valence-electron chi connectivity index (χ0n) is 21.6. The predicted molar refractivity (Wildman–Crippen MR) is 139 cm³/mol. The van der Waals surface area contributed by atoms with Crippen LogP contribution in [-0.2, 0) is 16.6 Å². The minimum Gasteiger partial charge on any atom is -0.487 e. The van der Waals surface area contributed by atoms with Gasteiger partial charge in [-0.15, -0.1) is 5.10 Å². The van der Waals surface area contributed by atoms with Gasteiger partial charge in [-0.2, -0.15) is 5.10 Å². The van der Waals surface area contributed by atoms with Gasteiger partial charge in [-0.25, -0.2) is 8.91 Å². The van der Waals surface area contributed by atoms with Gasteiger partial charge in [0.1, 0.15) is 18.4 Å². The van der Waals surface area contributed by atoms with E-state index in [2.05, 4.69) is 25.4 Å². The summed E-state index contributed by atoms with van der Waals surface area (Å²) in [6.07, 6.45) is 5.38. The van der Waals surface area contributed by atoms with E-state index in [0.717, 1.165) is 30.8 Å². The molecule has 6 rings (SSSR count). The summed E-state index contributed by atoms with van der Waals surface area (Å²) in [5.74, 6) is 0.218. The molecule has 0 radical (unpaired) electrons. The summed E-state index contributed by atoms with van der Waals surface area (Å²) in [5, 5.41) is 11.5. The lowest BCUT2D eigenvalue weighted by molar-refractivity contribution is -0.117. The van der Waals surface area contributed by atoms with Gasteiger partial charge in [-0.3, -0.25) is 14.5 Å². The highest BCUT2D eigenvalue weighted by Crippen LogP contribution is 2.47. The van der Waals surface area contributed by atoms with E-state index in [4.69, 9.17) is 9.47 Å². The number of rotatable bonds is 7. The van der Waals surface area contributed by atoms with Crippen molar-refractivity contribution in [3.05, 3.63) is 59.9 Å². The number of hydrogen-bond acceptors (Lipinski definition) is 7. The molecule has 10 nitrogen and oxygen atoms in total. The number of anilines is 1. The molecule has 3 atom stereocenters. The molecule has 1 N–H and O–H groups in total. The van der Waals surface area contributed by atoms with Crippen LogP contribution in [0.3, 0.4) is 0 Å². The third-order valence-corrected chi connectivity index (χ3v) is 7.17. The van der Waals surface area contributed by atoms with Crippen molar-refractivity contribution in [2.75, 3.05) is 38.7 Å². The van der Waals surface area contributed by atoms with Gasteiger partial charge in [0.25, 0.3) is 0 Å². The first-order valence-electron chi connectivity index (χ1n) is 12.7. The van der Waals surface area contributed by atoms with Gasteiger partial charge >= 0.3 is 0 Å². The van der Waals surface area contributed by atoms with Crippen LogP contribution in [0.2, 0.25) is 0 Å². The smallest absolute Gasteiger partial charge is 0.229 e. The second-order valence-electron chi connectivity index (χ2n) is 10.2. The van der Waals surface area contributed by atoms with E-state index in [-0.39, 0.29) is 23.8 Å². The van der Waals surface area contributed by atoms with Crippen LogP contribution in [-0.4, -0.2) is 74.6 Å². The number of pyridine rings is 2. The predicted octanol–water partition coefficient (Wildman–Crippen LogP) is 3.03. The minimum atomic E-state index is -0.478. The molecule has 5 heterocycles. The number of carbonyl (C=O) groups is 1. The van der Waals surface area contributed by atoms with Crippen LogP contribution < -0.4 is 10.1 Å². The van der Waals surface area contributed by atoms with Gasteiger partial charge in [0.2, 0.25) is 5.91 Å². The summed E-state index contributed by atoms with van der Waals surface area (Å²) in [5.41, 5.74) is 3.50. The van der Waals surface area contributed by atoms with Crippen molar-refractivity contribution in [2.45, 2.75) is 25.4 Å². The van der Waals surface area contributed by atoms with Gasteiger partial charge in [-0.05, 0) is 38.1 Å². The van der Waals surface area contributed by atoms with Crippen LogP contribution in [0.15, 0.2) is 42.9 Å². The number of likely N-dealkylation sites (N-methyl/N-ethyl adjacent to an activating group) is 1. The summed E-state index contributed by atoms with van der Waals surface area (Å²) >= 11 is 0. The zero-order chi connectivity index (χ0) is 26.4. The Kier molecular flexibility index (Phi) is 6.32. The number of nitrogens with one attached hydrogen (secondary N) is 1. The van der Waals surface area contributed by atoms with E-state index < -0.39 is 5.82 Å². The Balaban J connectivity index is 1.18. The molecule has 0 unspecified atom stereocenters. The molecule has 2 fully saturated rings. The Labute approximate surface area is 219 Å². The Morgan fingerprint density at radius 1 is 1.26 bits per heavy atom. The number of ether oxygens (including phenoxy) is 2. The number of morpholine rings is 1. The molecule has 4 aromatic heterocycles. The van der Waals surface area contributed by atoms with E-state index in [1.807, 2.05) is 32.3 Å². The zero-order valence-corrected chi connectivity index (χ0v) is 21.6. The molecule has 1 amide bonds. The monoisotopic (exact) mass is 519 g/mol. The third kappa shape index (κ3) is 4.86. The lowest BCUT2D eigenvalue weighted by Gasteiger charge is -2.29. The number of amides is 1. The molecule has 1 saturated heterocycles. The Hall–Kier alpha value is -3.83. The Morgan fingerprint density at radius 3 is 2.92 bits per heavy atom. The molecule has 0 aromatic carbocycles. The molecule has 2 aliphatic rings. The van der Waals surface area contributed by atoms with Crippen molar-refractivity contribution in [3.8, 4) is 17.0 Å². The molecular weight excluding hydrogens is 489 g/mol. The summed E-state index contributed by atoms with van der Waals surface area (Å²) < 4.78 is 30.1. The maximum Gasteiger partial charge on any atom is 0.229 e. The fraction of sp³-hybridized carbons (Fsp3) is 0.407. The maximum atomic E-state index is 15.3. The number of fused-ring (bicyclic) bond motifs is 1. The van der Waals surface area contributed by atoms with Crippen molar-refractivity contribution in [2.24, 2.45) is 13.0 Å². The first kappa shape index (κ1) is 24.5. The van der Waals surface area contributed by atoms with Crippen molar-refractivity contribution in [3.63, 3.8) is 0 Å². The number of carbonyl (C=O) groups excluding carboxylic acids is 1. The van der Waals surface area contributed by atoms with Crippen molar-refractivity contribution >= 4 is 17.2 Å². The van der Waals surface area contributed by atoms with Crippen LogP contribution >= 0.6 is 0 Å². The number of nitrogens with zero attached hydrogens (tertiary/aromatic N) is 6. The molecule has 198 valence electrons. The fourth-order valence-electron chi connectivity index (χ4n) is 4.97. The SMILES string of the molecule is Cc1ccc([C@@H]2C[C@@H]2C(=O)Nc2cc3cc(-c4c(OC[C@H]5CN(C)CCO5)cnn4C)c(F)cn3n2)nc1. The van der Waals surface area contributed by atoms with E-state index in [1.165, 1.54) is 10.7 Å². The molecule has 4 aromatic rings. The Bertz CT molecular complexity index is 1480. The van der Waals surface area contributed by atoms with Crippen molar-refractivity contribution < 1.29 is 18.7 Å². The maximum absolute atomic E-state index is 15.3. The van der Waals surface area contributed by atoms with Crippen LogP contribution in [0, 0.1) is 18.7 Å². The summed E-state index contributed by atoms with van der Waals surface area (Å²) in [6, 6.07) is 7.39. The summed E-state index contributed by atoms with van der Waals surface area (Å²) in [6.45, 7) is 4.64. The molecule has 11 heteroatoms. The highest BCUT2D eigenvalue weighted by atomic mass is 19.1. The second kappa shape index (κ2) is 9.80. The molecule has 0 spiro atoms. The number of hydrogen-bond donors (Lipinski definition) is 1. The third-order valence-electron chi connectivity index (χ3n) is 7.17. The normalized spacial score (nSPS) is 21.5. The summed E-state index contributed by atoms with van der Waals surface area (Å²) in [7, 11) is 3.79. The molecule has 1 aliphatic heterocycles. The standard InChI is InChI=1S/C27H30FN7O3/c1-16-4-5-23(29-11-16)19-10-20(19)27(36)31-25-9-17-8-21(22(28)14-35(17)32-25)26-24(12-30-34(26)3)38-15-18-13-33(2)6-7-37-18/h4-5,8-9,11-12,14,18-20H,6-7,10,13,15H2,1-3H3,(H,31,32,36)/t18-,19-,20+/m1/s1. The second-order valence-corrected chi connectivity index (χ2v) is 10.2. The first-order chi connectivity index (χ1) is 18.4. The number of aryl methyl sites for hydroxylation is 2. The average molecular weight is 520 g/mol. The van der Waals surface area contributed by atoms with Crippen molar-refractivity contribution in [1.82, 2.24) is 29.3 Å². The molecular formula is C27H30FN7O3. The molecule has 1 saturated carbocycles. The van der Waals surface area contributed by atoms with Crippen LogP contribution in [0.4, 0.5) is 10.2 Å². The number of halogens is 1. The van der Waals surface area contributed by atoms with Gasteiger partial charge in [-0.1, -0.05) is 6.07 Å². The fourth-order valence-corrected chi connectivity index (χ4v) is 4.97. The minimum absolute atomic E-state index is 0.0667. The van der Waals surface area contributed by atoms with Crippen LogP contribution in [0.25, 0.3) is 16.8 Å². The van der Waals surface area contributed by atoms with Crippen LogP contribution in [0.1, 0.15) is 23.6 Å². The average Bonchev–Trinajstić information content (AvgIpc) is 3.48. The summed E-state index contributed by atoms with van der Waals surface area (Å²) in [4.78, 5) is 19.5. The van der Waals surface area contributed by atoms with Crippen LogP contribution in [0.5, 0.6) is 5.75 Å². The first-order valence-corrected chi connectivity index (χ1v) is 12.7. The quantitative estimate of drug-likeness (QED) is 0.401. The highest BCUT2D eigenvalue weighted by Gasteiger charge is 2.45. The number of aromatic nitrogens is 5. The topological polar surface area (TPSA) is 98.8 Å². The molecule has 38 heavy (non-hydrogen) atoms. The molecule has 1 aliphatic carbocycles. The lowest BCUT2D eigenvalue weighted by Crippen LogP contribution is -2.42. The van der Waals surface area contributed by atoms with Gasteiger partial charge in [0.15, 0.2) is 17.4 Å². The van der Waals surface area contributed by atoms with E-state index in [1.54, 1.807) is 30.1 Å². The van der Waals surface area contributed by atoms with E-state index in [0.29, 0.717) is 41.6 Å². The van der Waals surface area contributed by atoms with Gasteiger partial charge in [0.05, 0.1) is 24.5 Å².